The average Bonchev–Trinajstić information content (AvgIpc) is 2.70. The zero-order chi connectivity index (χ0) is 11.7. The lowest BCUT2D eigenvalue weighted by Crippen LogP contribution is -1.86. The van der Waals surface area contributed by atoms with Gasteiger partial charge in [0.15, 0.2) is 11.5 Å². The van der Waals surface area contributed by atoms with Gasteiger partial charge in [0, 0.05) is 0 Å². The van der Waals surface area contributed by atoms with Crippen molar-refractivity contribution in [1.29, 1.82) is 0 Å². The van der Waals surface area contributed by atoms with E-state index in [-0.39, 0.29) is 0 Å². The van der Waals surface area contributed by atoms with E-state index in [4.69, 9.17) is 9.47 Å². The van der Waals surface area contributed by atoms with Crippen LogP contribution < -0.4 is 0 Å². The monoisotopic (exact) mass is 210 g/mol. The molecule has 0 spiro atoms. The number of allylic oxidation sites excluding steroid dienone is 4. The number of hydrogen-bond donors (Lipinski definition) is 0. The zero-order valence-electron chi connectivity index (χ0n) is 10.5. The summed E-state index contributed by atoms with van der Waals surface area (Å²) in [6, 6.07) is 0. The van der Waals surface area contributed by atoms with Crippen LogP contribution in [0.3, 0.4) is 0 Å². The van der Waals surface area contributed by atoms with Gasteiger partial charge in [0.25, 0.3) is 0 Å². The van der Waals surface area contributed by atoms with Gasteiger partial charge in [0.1, 0.15) is 0 Å². The van der Waals surface area contributed by atoms with E-state index >= 15 is 0 Å². The van der Waals surface area contributed by atoms with Crippen LogP contribution >= 0.6 is 0 Å². The van der Waals surface area contributed by atoms with Crippen molar-refractivity contribution in [1.82, 2.24) is 0 Å². The van der Waals surface area contributed by atoms with Gasteiger partial charge in [0.2, 0.25) is 6.79 Å². The highest BCUT2D eigenvalue weighted by Crippen LogP contribution is 2.25. The number of ether oxygens (including phenoxy) is 2. The fraction of sp³-hybridized carbons (Fsp3) is 0.538. The quantitative estimate of drug-likeness (QED) is 0.681. The second-order valence-electron chi connectivity index (χ2n) is 2.90. The summed E-state index contributed by atoms with van der Waals surface area (Å²) in [4.78, 5) is 0. The highest BCUT2D eigenvalue weighted by Gasteiger charge is 2.17. The minimum Gasteiger partial charge on any atom is -0.454 e. The van der Waals surface area contributed by atoms with Gasteiger partial charge in [-0.1, -0.05) is 32.9 Å². The highest BCUT2D eigenvalue weighted by atomic mass is 16.7. The largest absolute Gasteiger partial charge is 0.454 e. The van der Waals surface area contributed by atoms with E-state index in [9.17, 15) is 0 Å². The second-order valence-corrected chi connectivity index (χ2v) is 2.90. The van der Waals surface area contributed by atoms with Crippen LogP contribution in [0.4, 0.5) is 0 Å². The maximum atomic E-state index is 5.37. The molecule has 0 aromatic rings. The van der Waals surface area contributed by atoms with Crippen molar-refractivity contribution in [2.24, 2.45) is 0 Å². The predicted molar refractivity (Wildman–Crippen MR) is 64.3 cm³/mol. The minimum atomic E-state index is 0.343. The fourth-order valence-electron chi connectivity index (χ4n) is 1.26. The summed E-state index contributed by atoms with van der Waals surface area (Å²) in [5, 5.41) is 0. The molecule has 0 aliphatic carbocycles. The highest BCUT2D eigenvalue weighted by molar-refractivity contribution is 5.32. The normalized spacial score (nSPS) is 20.7. The summed E-state index contributed by atoms with van der Waals surface area (Å²) in [6.45, 7) is 10.4. The van der Waals surface area contributed by atoms with Crippen molar-refractivity contribution < 1.29 is 9.47 Å². The first-order valence-electron chi connectivity index (χ1n) is 5.59. The summed E-state index contributed by atoms with van der Waals surface area (Å²) in [6.07, 6.45) is 7.02. The van der Waals surface area contributed by atoms with Crippen molar-refractivity contribution in [2.75, 3.05) is 6.79 Å². The lowest BCUT2D eigenvalue weighted by molar-refractivity contribution is 0.0970. The molecule has 1 saturated heterocycles. The molecule has 15 heavy (non-hydrogen) atoms. The Labute approximate surface area is 93.3 Å². The summed E-state index contributed by atoms with van der Waals surface area (Å²) in [5.74, 6) is 1.75. The van der Waals surface area contributed by atoms with Crippen molar-refractivity contribution in [2.45, 2.75) is 41.0 Å². The Morgan fingerprint density at radius 1 is 1.33 bits per heavy atom. The van der Waals surface area contributed by atoms with E-state index in [0.717, 1.165) is 23.5 Å². The first-order valence-corrected chi connectivity index (χ1v) is 5.59. The minimum absolute atomic E-state index is 0.343. The lowest BCUT2D eigenvalue weighted by Gasteiger charge is -1.99. The number of rotatable bonds is 2. The standard InChI is InChI=1S/C11H16O2.C2H6/c1-4-6-9(3)11-10(7-5-2)12-8-13-11;1-2/h4,6-7H,5,8H2,1-3H3;1-2H3/b6-4-,10-7+,11-9+;. The van der Waals surface area contributed by atoms with E-state index in [1.807, 2.05) is 45.9 Å². The van der Waals surface area contributed by atoms with Gasteiger partial charge in [-0.05, 0) is 31.9 Å². The third-order valence-electron chi connectivity index (χ3n) is 1.81. The van der Waals surface area contributed by atoms with E-state index < -0.39 is 0 Å². The Hall–Kier alpha value is -1.18. The molecule has 0 aromatic heterocycles. The van der Waals surface area contributed by atoms with Crippen molar-refractivity contribution in [3.63, 3.8) is 0 Å². The topological polar surface area (TPSA) is 18.5 Å². The maximum Gasteiger partial charge on any atom is 0.231 e. The van der Waals surface area contributed by atoms with Gasteiger partial charge >= 0.3 is 0 Å². The van der Waals surface area contributed by atoms with Gasteiger partial charge < -0.3 is 9.47 Å². The van der Waals surface area contributed by atoms with Crippen molar-refractivity contribution in [3.05, 3.63) is 35.3 Å². The molecule has 1 rings (SSSR count). The molecule has 2 heteroatoms. The summed E-state index contributed by atoms with van der Waals surface area (Å²) in [7, 11) is 0. The molecule has 0 aromatic carbocycles. The Morgan fingerprint density at radius 2 is 2.00 bits per heavy atom. The molecular weight excluding hydrogens is 188 g/mol. The van der Waals surface area contributed by atoms with Crippen LogP contribution in [0.15, 0.2) is 35.3 Å². The SMILES string of the molecule is CC.C\C=C/C(C)=C1/OCO/C1=C/CC. The van der Waals surface area contributed by atoms with E-state index in [2.05, 4.69) is 6.92 Å². The van der Waals surface area contributed by atoms with Gasteiger partial charge in [-0.2, -0.15) is 0 Å². The van der Waals surface area contributed by atoms with Gasteiger partial charge in [-0.15, -0.1) is 0 Å². The molecule has 0 unspecified atom stereocenters. The van der Waals surface area contributed by atoms with Gasteiger partial charge in [0.05, 0.1) is 0 Å². The smallest absolute Gasteiger partial charge is 0.231 e. The third-order valence-corrected chi connectivity index (χ3v) is 1.81. The summed E-state index contributed by atoms with van der Waals surface area (Å²) < 4.78 is 10.7. The molecule has 2 nitrogen and oxygen atoms in total. The molecule has 0 amide bonds. The first-order chi connectivity index (χ1) is 7.29. The van der Waals surface area contributed by atoms with Crippen LogP contribution in [-0.4, -0.2) is 6.79 Å². The Bertz CT molecular complexity index is 260. The Balaban J connectivity index is 0.000000921. The van der Waals surface area contributed by atoms with E-state index in [1.54, 1.807) is 0 Å². The molecule has 0 radical (unpaired) electrons. The van der Waals surface area contributed by atoms with Gasteiger partial charge in [-0.25, -0.2) is 0 Å². The maximum absolute atomic E-state index is 5.37. The van der Waals surface area contributed by atoms with Crippen LogP contribution in [-0.2, 0) is 9.47 Å². The van der Waals surface area contributed by atoms with Crippen LogP contribution in [0.5, 0.6) is 0 Å². The van der Waals surface area contributed by atoms with E-state index in [0.29, 0.717) is 6.79 Å². The summed E-state index contributed by atoms with van der Waals surface area (Å²) in [5.41, 5.74) is 1.11. The first kappa shape index (κ1) is 13.8. The van der Waals surface area contributed by atoms with Crippen LogP contribution in [0, 0.1) is 0 Å². The second kappa shape index (κ2) is 8.16. The third kappa shape index (κ3) is 4.24. The molecule has 1 aliphatic rings. The predicted octanol–water partition coefficient (Wildman–Crippen LogP) is 4.16. The summed E-state index contributed by atoms with van der Waals surface area (Å²) >= 11 is 0. The van der Waals surface area contributed by atoms with Crippen molar-refractivity contribution in [3.8, 4) is 0 Å². The average molecular weight is 210 g/mol. The lowest BCUT2D eigenvalue weighted by atomic mass is 10.2. The molecule has 0 atom stereocenters. The van der Waals surface area contributed by atoms with Crippen molar-refractivity contribution >= 4 is 0 Å². The zero-order valence-corrected chi connectivity index (χ0v) is 10.5. The van der Waals surface area contributed by atoms with Crippen LogP contribution in [0.2, 0.25) is 0 Å². The molecular formula is C13H22O2. The van der Waals surface area contributed by atoms with Gasteiger partial charge in [-0.3, -0.25) is 0 Å². The molecule has 1 heterocycles. The van der Waals surface area contributed by atoms with E-state index in [1.165, 1.54) is 0 Å². The van der Waals surface area contributed by atoms with Crippen LogP contribution in [0.25, 0.3) is 0 Å². The Kier molecular flexibility index (Phi) is 7.51. The number of hydrogen-bond acceptors (Lipinski definition) is 2. The van der Waals surface area contributed by atoms with Crippen LogP contribution in [0.1, 0.15) is 41.0 Å². The fourth-order valence-corrected chi connectivity index (χ4v) is 1.26. The molecule has 0 saturated carbocycles. The Morgan fingerprint density at radius 3 is 2.53 bits per heavy atom. The molecule has 1 aliphatic heterocycles. The molecule has 86 valence electrons. The molecule has 0 bridgehead atoms. The molecule has 0 N–H and O–H groups in total. The molecule has 1 fully saturated rings.